The number of carbonyl (C=O) groups is 2. The molecular weight excluding hydrogens is 459 g/mol. The van der Waals surface area contributed by atoms with Crippen LogP contribution in [0.25, 0.3) is 0 Å². The molecule has 0 N–H and O–H groups in total. The van der Waals surface area contributed by atoms with Gasteiger partial charge in [-0.1, -0.05) is 17.7 Å². The van der Waals surface area contributed by atoms with Gasteiger partial charge in [0.1, 0.15) is 5.69 Å². The first-order valence-electron chi connectivity index (χ1n) is 10.9. The highest BCUT2D eigenvalue weighted by Gasteiger charge is 2.35. The van der Waals surface area contributed by atoms with E-state index in [9.17, 15) is 22.8 Å². The molecule has 0 spiro atoms. The van der Waals surface area contributed by atoms with Crippen LogP contribution in [0.5, 0.6) is 0 Å². The molecule has 2 fully saturated rings. The number of halogens is 4. The van der Waals surface area contributed by atoms with E-state index in [1.54, 1.807) is 17.0 Å². The fourth-order valence-electron chi connectivity index (χ4n) is 4.31. The zero-order valence-electron chi connectivity index (χ0n) is 18.2. The Morgan fingerprint density at radius 1 is 1.06 bits per heavy atom. The molecule has 2 saturated heterocycles. The minimum absolute atomic E-state index is 0.0284. The number of ketones is 1. The highest BCUT2D eigenvalue weighted by molar-refractivity contribution is 6.33. The molecule has 0 atom stereocenters. The summed E-state index contributed by atoms with van der Waals surface area (Å²) in [5.74, 6) is -0.340. The third-order valence-corrected chi connectivity index (χ3v) is 6.38. The summed E-state index contributed by atoms with van der Waals surface area (Å²) in [6.45, 7) is 4.53. The molecule has 4 rings (SSSR count). The Hall–Kier alpha value is -2.59. The standard InChI is InChI=1S/C22H25ClF3N5O2/c1-15(32)20-19(23)14-31(27-20)21(33)30-10-8-28(9-11-30)13-16-4-5-17(29-6-2-3-7-29)12-18(16)22(24,25)26/h4-5,12,14H,2-3,6-11,13H2,1H3. The maximum absolute atomic E-state index is 13.8. The van der Waals surface area contributed by atoms with Crippen LogP contribution in [0.1, 0.15) is 41.4 Å². The molecule has 0 unspecified atom stereocenters. The zero-order chi connectivity index (χ0) is 23.8. The van der Waals surface area contributed by atoms with Crippen LogP contribution >= 0.6 is 11.6 Å². The number of nitrogens with zero attached hydrogens (tertiary/aromatic N) is 5. The van der Waals surface area contributed by atoms with Crippen molar-refractivity contribution in [3.63, 3.8) is 0 Å². The van der Waals surface area contributed by atoms with Crippen LogP contribution in [0.2, 0.25) is 5.02 Å². The lowest BCUT2D eigenvalue weighted by Gasteiger charge is -2.35. The number of rotatable bonds is 4. The first-order valence-corrected chi connectivity index (χ1v) is 11.2. The highest BCUT2D eigenvalue weighted by atomic mass is 35.5. The van der Waals surface area contributed by atoms with Gasteiger partial charge in [-0.25, -0.2) is 4.79 Å². The van der Waals surface area contributed by atoms with Crippen LogP contribution in [-0.4, -0.2) is 70.7 Å². The van der Waals surface area contributed by atoms with Crippen LogP contribution in [0.3, 0.4) is 0 Å². The van der Waals surface area contributed by atoms with Gasteiger partial charge in [0.2, 0.25) is 0 Å². The van der Waals surface area contributed by atoms with Crippen molar-refractivity contribution in [3.05, 3.63) is 46.2 Å². The number of piperazine rings is 1. The molecule has 0 bridgehead atoms. The number of alkyl halides is 3. The average Bonchev–Trinajstić information content (AvgIpc) is 3.43. The number of hydrogen-bond acceptors (Lipinski definition) is 5. The van der Waals surface area contributed by atoms with Gasteiger partial charge in [0.15, 0.2) is 5.78 Å². The number of hydrogen-bond donors (Lipinski definition) is 0. The fraction of sp³-hybridized carbons (Fsp3) is 0.500. The van der Waals surface area contributed by atoms with E-state index in [1.165, 1.54) is 19.2 Å². The first kappa shape index (κ1) is 23.6. The number of carbonyl (C=O) groups excluding carboxylic acids is 2. The lowest BCUT2D eigenvalue weighted by molar-refractivity contribution is -0.138. The molecule has 2 aromatic rings. The van der Waals surface area contributed by atoms with Gasteiger partial charge in [-0.3, -0.25) is 9.69 Å². The minimum atomic E-state index is -4.43. The molecule has 3 heterocycles. The second-order valence-corrected chi connectivity index (χ2v) is 8.81. The summed E-state index contributed by atoms with van der Waals surface area (Å²) in [5.41, 5.74) is 0.269. The smallest absolute Gasteiger partial charge is 0.372 e. The maximum Gasteiger partial charge on any atom is 0.416 e. The molecule has 2 aliphatic heterocycles. The molecule has 0 saturated carbocycles. The van der Waals surface area contributed by atoms with E-state index >= 15 is 0 Å². The van der Waals surface area contributed by atoms with Crippen molar-refractivity contribution in [2.75, 3.05) is 44.2 Å². The number of amides is 1. The predicted molar refractivity (Wildman–Crippen MR) is 118 cm³/mol. The first-order chi connectivity index (χ1) is 15.6. The molecule has 1 aromatic heterocycles. The van der Waals surface area contributed by atoms with Crippen LogP contribution in [-0.2, 0) is 12.7 Å². The average molecular weight is 484 g/mol. The zero-order valence-corrected chi connectivity index (χ0v) is 19.0. The van der Waals surface area contributed by atoms with Gasteiger partial charge in [-0.15, -0.1) is 0 Å². The molecule has 0 aliphatic carbocycles. The summed E-state index contributed by atoms with van der Waals surface area (Å²) in [4.78, 5) is 29.6. The van der Waals surface area contributed by atoms with Crippen molar-refractivity contribution in [1.29, 1.82) is 0 Å². The van der Waals surface area contributed by atoms with E-state index in [4.69, 9.17) is 11.6 Å². The van der Waals surface area contributed by atoms with Gasteiger partial charge in [0.05, 0.1) is 16.8 Å². The Morgan fingerprint density at radius 2 is 1.73 bits per heavy atom. The third-order valence-electron chi connectivity index (χ3n) is 6.11. The van der Waals surface area contributed by atoms with Gasteiger partial charge >= 0.3 is 12.2 Å². The molecule has 1 amide bonds. The summed E-state index contributed by atoms with van der Waals surface area (Å²) in [6.07, 6.45) is -1.15. The number of aromatic nitrogens is 2. The normalized spacial score (nSPS) is 17.6. The van der Waals surface area contributed by atoms with Crippen molar-refractivity contribution in [2.24, 2.45) is 0 Å². The Balaban J connectivity index is 1.42. The van der Waals surface area contributed by atoms with Gasteiger partial charge in [-0.05, 0) is 30.5 Å². The van der Waals surface area contributed by atoms with E-state index in [0.717, 1.165) is 30.6 Å². The minimum Gasteiger partial charge on any atom is -0.372 e. The summed E-state index contributed by atoms with van der Waals surface area (Å²) < 4.78 is 42.4. The highest BCUT2D eigenvalue weighted by Crippen LogP contribution is 2.36. The summed E-state index contributed by atoms with van der Waals surface area (Å²) in [6, 6.07) is 4.18. The molecule has 33 heavy (non-hydrogen) atoms. The Bertz CT molecular complexity index is 1040. The Kier molecular flexibility index (Phi) is 6.67. The van der Waals surface area contributed by atoms with Crippen molar-refractivity contribution in [1.82, 2.24) is 19.6 Å². The Labute approximate surface area is 194 Å². The van der Waals surface area contributed by atoms with E-state index in [2.05, 4.69) is 5.10 Å². The molecule has 0 radical (unpaired) electrons. The lowest BCUT2D eigenvalue weighted by Crippen LogP contribution is -2.49. The molecular formula is C22H25ClF3N5O2. The quantitative estimate of drug-likeness (QED) is 0.612. The largest absolute Gasteiger partial charge is 0.416 e. The molecule has 11 heteroatoms. The van der Waals surface area contributed by atoms with E-state index in [0.29, 0.717) is 31.9 Å². The van der Waals surface area contributed by atoms with Crippen LogP contribution in [0.15, 0.2) is 24.4 Å². The SMILES string of the molecule is CC(=O)c1nn(C(=O)N2CCN(Cc3ccc(N4CCCC4)cc3C(F)(F)F)CC2)cc1Cl. The molecule has 7 nitrogen and oxygen atoms in total. The van der Waals surface area contributed by atoms with Gasteiger partial charge in [-0.2, -0.15) is 23.0 Å². The maximum atomic E-state index is 13.8. The predicted octanol–water partition coefficient (Wildman–Crippen LogP) is 4.14. The molecule has 2 aliphatic rings. The topological polar surface area (TPSA) is 61.7 Å². The van der Waals surface area contributed by atoms with Crippen LogP contribution < -0.4 is 4.90 Å². The monoisotopic (exact) mass is 483 g/mol. The number of Topliss-reactive ketones (excluding diaryl/α,β-unsaturated/α-hetero) is 1. The number of anilines is 1. The van der Waals surface area contributed by atoms with Crippen molar-refractivity contribution >= 4 is 29.1 Å². The molecule has 1 aromatic carbocycles. The van der Waals surface area contributed by atoms with Crippen LogP contribution in [0, 0.1) is 0 Å². The second-order valence-electron chi connectivity index (χ2n) is 8.41. The third kappa shape index (κ3) is 5.16. The van der Waals surface area contributed by atoms with Gasteiger partial charge in [0, 0.05) is 58.4 Å². The van der Waals surface area contributed by atoms with E-state index in [-0.39, 0.29) is 28.6 Å². The van der Waals surface area contributed by atoms with Crippen LogP contribution in [0.4, 0.5) is 23.7 Å². The summed E-state index contributed by atoms with van der Waals surface area (Å²) in [5, 5.41) is 4.06. The molecule has 178 valence electrons. The fourth-order valence-corrected chi connectivity index (χ4v) is 4.57. The number of benzene rings is 1. The van der Waals surface area contributed by atoms with Crippen molar-refractivity contribution < 1.29 is 22.8 Å². The summed E-state index contributed by atoms with van der Waals surface area (Å²) in [7, 11) is 0. The van der Waals surface area contributed by atoms with E-state index in [1.807, 2.05) is 9.80 Å². The van der Waals surface area contributed by atoms with Crippen molar-refractivity contribution in [2.45, 2.75) is 32.5 Å². The second kappa shape index (κ2) is 9.34. The lowest BCUT2D eigenvalue weighted by atomic mass is 10.0. The van der Waals surface area contributed by atoms with Gasteiger partial charge in [0.25, 0.3) is 0 Å². The van der Waals surface area contributed by atoms with E-state index < -0.39 is 17.8 Å². The van der Waals surface area contributed by atoms with Crippen molar-refractivity contribution in [3.8, 4) is 0 Å². The Morgan fingerprint density at radius 3 is 2.30 bits per heavy atom. The summed E-state index contributed by atoms with van der Waals surface area (Å²) >= 11 is 5.96. The van der Waals surface area contributed by atoms with Gasteiger partial charge < -0.3 is 9.80 Å².